The molecular weight excluding hydrogens is 294 g/mol. The summed E-state index contributed by atoms with van der Waals surface area (Å²) in [5.41, 5.74) is 2.50. The van der Waals surface area contributed by atoms with Crippen molar-refractivity contribution in [2.24, 2.45) is 0 Å². The molecule has 3 heterocycles. The molecule has 0 atom stereocenters. The van der Waals surface area contributed by atoms with E-state index in [1.807, 2.05) is 17.0 Å². The summed E-state index contributed by atoms with van der Waals surface area (Å²) in [5.74, 6) is 0.440. The van der Waals surface area contributed by atoms with Gasteiger partial charge in [0.05, 0.1) is 0 Å². The first-order chi connectivity index (χ1) is 11.3. The second-order valence-electron chi connectivity index (χ2n) is 5.45. The molecule has 1 aromatic carbocycles. The van der Waals surface area contributed by atoms with Crippen molar-refractivity contribution in [2.75, 3.05) is 6.54 Å². The summed E-state index contributed by atoms with van der Waals surface area (Å²) in [5, 5.41) is 14.2. The van der Waals surface area contributed by atoms with Crippen molar-refractivity contribution >= 4 is 5.91 Å². The molecule has 0 aliphatic carbocycles. The van der Waals surface area contributed by atoms with E-state index < -0.39 is 0 Å². The SMILES string of the molecule is O=C(c1nc(-n2cnnc2)n[nH]1)N1CCCc2ccccc2C1. The second-order valence-corrected chi connectivity index (χ2v) is 5.45. The van der Waals surface area contributed by atoms with Crippen LogP contribution < -0.4 is 0 Å². The van der Waals surface area contributed by atoms with E-state index in [9.17, 15) is 4.79 Å². The molecule has 0 fully saturated rings. The third-order valence-corrected chi connectivity index (χ3v) is 3.97. The number of aryl methyl sites for hydroxylation is 1. The first-order valence-electron chi connectivity index (χ1n) is 7.45. The Balaban J connectivity index is 1.57. The molecule has 1 amide bonds. The van der Waals surface area contributed by atoms with E-state index in [1.165, 1.54) is 23.8 Å². The Morgan fingerprint density at radius 2 is 1.91 bits per heavy atom. The molecule has 116 valence electrons. The van der Waals surface area contributed by atoms with E-state index in [0.717, 1.165) is 12.8 Å². The molecule has 4 rings (SSSR count). The van der Waals surface area contributed by atoms with Gasteiger partial charge in [-0.25, -0.2) is 0 Å². The highest BCUT2D eigenvalue weighted by molar-refractivity contribution is 5.90. The molecule has 3 aromatic rings. The van der Waals surface area contributed by atoms with Crippen molar-refractivity contribution in [3.63, 3.8) is 0 Å². The summed E-state index contributed by atoms with van der Waals surface area (Å²) >= 11 is 0. The standard InChI is InChI=1S/C15H15N7O/c23-14(13-18-15(20-19-13)22-9-16-17-10-22)21-7-3-6-11-4-1-2-5-12(11)8-21/h1-2,4-5,9-10H,3,6-8H2,(H,18,19,20). The number of hydrogen-bond acceptors (Lipinski definition) is 5. The molecule has 0 radical (unpaired) electrons. The average molecular weight is 309 g/mol. The first kappa shape index (κ1) is 13.6. The van der Waals surface area contributed by atoms with Gasteiger partial charge in [0.15, 0.2) is 0 Å². The summed E-state index contributed by atoms with van der Waals surface area (Å²) < 4.78 is 1.55. The zero-order valence-electron chi connectivity index (χ0n) is 12.4. The molecule has 23 heavy (non-hydrogen) atoms. The van der Waals surface area contributed by atoms with Gasteiger partial charge in [0.2, 0.25) is 5.82 Å². The maximum absolute atomic E-state index is 12.7. The number of carbonyl (C=O) groups is 1. The third-order valence-electron chi connectivity index (χ3n) is 3.97. The zero-order valence-corrected chi connectivity index (χ0v) is 12.4. The van der Waals surface area contributed by atoms with Crippen LogP contribution in [0.2, 0.25) is 0 Å². The second kappa shape index (κ2) is 5.64. The quantitative estimate of drug-likeness (QED) is 0.761. The normalized spacial score (nSPS) is 14.3. The number of amides is 1. The maximum Gasteiger partial charge on any atom is 0.291 e. The van der Waals surface area contributed by atoms with Crippen LogP contribution >= 0.6 is 0 Å². The van der Waals surface area contributed by atoms with E-state index in [4.69, 9.17) is 0 Å². The smallest absolute Gasteiger partial charge is 0.291 e. The van der Waals surface area contributed by atoms with Gasteiger partial charge < -0.3 is 4.90 Å². The fourth-order valence-corrected chi connectivity index (χ4v) is 2.79. The van der Waals surface area contributed by atoms with Crippen LogP contribution in [0.1, 0.15) is 28.2 Å². The van der Waals surface area contributed by atoms with Crippen LogP contribution in [-0.4, -0.2) is 47.3 Å². The number of fused-ring (bicyclic) bond motifs is 1. The van der Waals surface area contributed by atoms with E-state index in [0.29, 0.717) is 19.0 Å². The van der Waals surface area contributed by atoms with Gasteiger partial charge in [0.25, 0.3) is 11.9 Å². The zero-order chi connectivity index (χ0) is 15.6. The van der Waals surface area contributed by atoms with Gasteiger partial charge in [-0.2, -0.15) is 4.98 Å². The highest BCUT2D eigenvalue weighted by atomic mass is 16.2. The molecule has 0 unspecified atom stereocenters. The number of rotatable bonds is 2. The topological polar surface area (TPSA) is 92.6 Å². The van der Waals surface area contributed by atoms with E-state index in [-0.39, 0.29) is 11.7 Å². The fraction of sp³-hybridized carbons (Fsp3) is 0.267. The summed E-state index contributed by atoms with van der Waals surface area (Å²) in [6.45, 7) is 1.30. The minimum Gasteiger partial charge on any atom is -0.332 e. The lowest BCUT2D eigenvalue weighted by Gasteiger charge is -2.19. The van der Waals surface area contributed by atoms with Crippen LogP contribution in [0.5, 0.6) is 0 Å². The van der Waals surface area contributed by atoms with Crippen LogP contribution in [-0.2, 0) is 13.0 Å². The van der Waals surface area contributed by atoms with Gasteiger partial charge in [-0.15, -0.1) is 15.3 Å². The predicted octanol–water partition coefficient (Wildman–Crippen LogP) is 0.974. The number of nitrogens with zero attached hydrogens (tertiary/aromatic N) is 6. The van der Waals surface area contributed by atoms with Crippen molar-refractivity contribution in [3.05, 3.63) is 53.9 Å². The van der Waals surface area contributed by atoms with E-state index in [1.54, 1.807) is 4.57 Å². The number of aromatic amines is 1. The molecule has 8 nitrogen and oxygen atoms in total. The van der Waals surface area contributed by atoms with E-state index in [2.05, 4.69) is 37.5 Å². The van der Waals surface area contributed by atoms with Crippen molar-refractivity contribution in [1.29, 1.82) is 0 Å². The molecule has 0 saturated heterocycles. The Morgan fingerprint density at radius 1 is 1.13 bits per heavy atom. The lowest BCUT2D eigenvalue weighted by atomic mass is 10.0. The number of benzene rings is 1. The van der Waals surface area contributed by atoms with Crippen LogP contribution in [0, 0.1) is 0 Å². The Bertz CT molecular complexity index is 824. The Labute approximate surface area is 132 Å². The van der Waals surface area contributed by atoms with Gasteiger partial charge >= 0.3 is 0 Å². The van der Waals surface area contributed by atoms with Crippen molar-refractivity contribution in [1.82, 2.24) is 34.8 Å². The Hall–Kier alpha value is -3.03. The Kier molecular flexibility index (Phi) is 3.34. The van der Waals surface area contributed by atoms with Crippen molar-refractivity contribution in [2.45, 2.75) is 19.4 Å². The maximum atomic E-state index is 12.7. The highest BCUT2D eigenvalue weighted by Crippen LogP contribution is 2.19. The molecule has 0 saturated carbocycles. The molecule has 1 N–H and O–H groups in total. The largest absolute Gasteiger partial charge is 0.332 e. The van der Waals surface area contributed by atoms with Crippen LogP contribution in [0.3, 0.4) is 0 Å². The van der Waals surface area contributed by atoms with Gasteiger partial charge in [-0.05, 0) is 24.0 Å². The Morgan fingerprint density at radius 3 is 2.74 bits per heavy atom. The summed E-state index contributed by atoms with van der Waals surface area (Å²) in [6, 6.07) is 8.25. The van der Waals surface area contributed by atoms with Gasteiger partial charge in [-0.1, -0.05) is 24.3 Å². The summed E-state index contributed by atoms with van der Waals surface area (Å²) in [7, 11) is 0. The fourth-order valence-electron chi connectivity index (χ4n) is 2.79. The molecule has 8 heteroatoms. The van der Waals surface area contributed by atoms with Gasteiger partial charge in [0.1, 0.15) is 12.7 Å². The van der Waals surface area contributed by atoms with Crippen LogP contribution in [0.15, 0.2) is 36.9 Å². The van der Waals surface area contributed by atoms with Crippen molar-refractivity contribution < 1.29 is 4.79 Å². The molecule has 0 spiro atoms. The highest BCUT2D eigenvalue weighted by Gasteiger charge is 2.23. The van der Waals surface area contributed by atoms with Crippen LogP contribution in [0.25, 0.3) is 5.95 Å². The van der Waals surface area contributed by atoms with E-state index >= 15 is 0 Å². The summed E-state index contributed by atoms with van der Waals surface area (Å²) in [4.78, 5) is 18.7. The minimum atomic E-state index is -0.145. The average Bonchev–Trinajstić information content (AvgIpc) is 3.21. The number of hydrogen-bond donors (Lipinski definition) is 1. The lowest BCUT2D eigenvalue weighted by Crippen LogP contribution is -2.31. The third kappa shape index (κ3) is 2.59. The predicted molar refractivity (Wildman–Crippen MR) is 80.8 cm³/mol. The lowest BCUT2D eigenvalue weighted by molar-refractivity contribution is 0.0734. The molecule has 0 bridgehead atoms. The molecule has 1 aliphatic rings. The van der Waals surface area contributed by atoms with Crippen molar-refractivity contribution in [3.8, 4) is 5.95 Å². The molecule has 1 aliphatic heterocycles. The van der Waals surface area contributed by atoms with Gasteiger partial charge in [-0.3, -0.25) is 14.5 Å². The molecule has 2 aromatic heterocycles. The van der Waals surface area contributed by atoms with Crippen LogP contribution in [0.4, 0.5) is 0 Å². The summed E-state index contributed by atoms with van der Waals surface area (Å²) in [6.07, 6.45) is 4.90. The number of H-pyrrole nitrogens is 1. The first-order valence-corrected chi connectivity index (χ1v) is 7.45. The number of carbonyl (C=O) groups excluding carboxylic acids is 1. The van der Waals surface area contributed by atoms with Gasteiger partial charge in [0, 0.05) is 13.1 Å². The minimum absolute atomic E-state index is 0.145. The number of aromatic nitrogens is 6. The monoisotopic (exact) mass is 309 g/mol. The molecular formula is C15H15N7O. The number of nitrogens with one attached hydrogen (secondary N) is 1.